The molecule has 0 N–H and O–H groups in total. The van der Waals surface area contributed by atoms with Crippen LogP contribution in [0.15, 0.2) is 24.3 Å². The number of carbonyl (C=O) groups is 3. The van der Waals surface area contributed by atoms with Crippen molar-refractivity contribution in [2.45, 2.75) is 45.6 Å². The molecule has 1 rings (SSSR count). The van der Waals surface area contributed by atoms with Gasteiger partial charge in [-0.25, -0.2) is 4.79 Å². The monoisotopic (exact) mass is 422 g/mol. The zero-order chi connectivity index (χ0) is 22.4. The van der Waals surface area contributed by atoms with Gasteiger partial charge in [0.2, 0.25) is 0 Å². The lowest BCUT2D eigenvalue weighted by molar-refractivity contribution is -0.142. The molecular weight excluding hydrogens is 392 g/mol. The van der Waals surface area contributed by atoms with Crippen LogP contribution in [0.5, 0.6) is 11.5 Å². The SMILES string of the molecule is COC(=O)/C=C/c1ccc(OC(C)CC(=O)OC)cc1OCCCCCOC(C)=O. The maximum absolute atomic E-state index is 11.4. The highest BCUT2D eigenvalue weighted by Gasteiger charge is 2.12. The number of unbranched alkanes of at least 4 members (excludes halogenated alkanes) is 2. The van der Waals surface area contributed by atoms with Crippen molar-refractivity contribution in [3.05, 3.63) is 29.8 Å². The Morgan fingerprint density at radius 3 is 2.43 bits per heavy atom. The molecule has 1 aromatic carbocycles. The maximum Gasteiger partial charge on any atom is 0.330 e. The fourth-order valence-electron chi connectivity index (χ4n) is 2.45. The second kappa shape index (κ2) is 14.0. The van der Waals surface area contributed by atoms with E-state index in [9.17, 15) is 14.4 Å². The molecule has 0 aliphatic carbocycles. The zero-order valence-electron chi connectivity index (χ0n) is 18.0. The highest BCUT2D eigenvalue weighted by molar-refractivity contribution is 5.87. The van der Waals surface area contributed by atoms with Gasteiger partial charge in [-0.15, -0.1) is 0 Å². The van der Waals surface area contributed by atoms with Crippen LogP contribution < -0.4 is 9.47 Å². The van der Waals surface area contributed by atoms with E-state index in [4.69, 9.17) is 14.2 Å². The van der Waals surface area contributed by atoms with E-state index in [0.717, 1.165) is 19.3 Å². The van der Waals surface area contributed by atoms with E-state index >= 15 is 0 Å². The largest absolute Gasteiger partial charge is 0.493 e. The molecule has 0 fully saturated rings. The van der Waals surface area contributed by atoms with Gasteiger partial charge in [-0.1, -0.05) is 0 Å². The standard InChI is InChI=1S/C22H30O8/c1-16(14-22(25)27-4)30-19-10-8-18(9-11-21(24)26-3)20(15-19)29-13-7-5-6-12-28-17(2)23/h8-11,15-16H,5-7,12-14H2,1-4H3/b11-9+. The van der Waals surface area contributed by atoms with Crippen LogP contribution in [0, 0.1) is 0 Å². The van der Waals surface area contributed by atoms with Crippen LogP contribution >= 0.6 is 0 Å². The van der Waals surface area contributed by atoms with E-state index in [1.54, 1.807) is 31.2 Å². The number of methoxy groups -OCH3 is 2. The van der Waals surface area contributed by atoms with E-state index in [-0.39, 0.29) is 24.5 Å². The lowest BCUT2D eigenvalue weighted by Crippen LogP contribution is -2.18. The van der Waals surface area contributed by atoms with Gasteiger partial charge in [-0.3, -0.25) is 9.59 Å². The van der Waals surface area contributed by atoms with Crippen LogP contribution in [0.2, 0.25) is 0 Å². The van der Waals surface area contributed by atoms with E-state index < -0.39 is 5.97 Å². The number of benzene rings is 1. The van der Waals surface area contributed by atoms with Crippen molar-refractivity contribution in [2.24, 2.45) is 0 Å². The Morgan fingerprint density at radius 1 is 1.03 bits per heavy atom. The minimum absolute atomic E-state index is 0.124. The molecule has 0 bridgehead atoms. The van der Waals surface area contributed by atoms with Gasteiger partial charge in [0, 0.05) is 24.6 Å². The predicted octanol–water partition coefficient (Wildman–Crippen LogP) is 3.32. The molecule has 30 heavy (non-hydrogen) atoms. The molecule has 166 valence electrons. The average molecular weight is 422 g/mol. The van der Waals surface area contributed by atoms with Gasteiger partial charge in [0.25, 0.3) is 0 Å². The summed E-state index contributed by atoms with van der Waals surface area (Å²) in [5, 5.41) is 0. The highest BCUT2D eigenvalue weighted by Crippen LogP contribution is 2.27. The average Bonchev–Trinajstić information content (AvgIpc) is 2.71. The van der Waals surface area contributed by atoms with Gasteiger partial charge in [-0.05, 0) is 44.4 Å². The van der Waals surface area contributed by atoms with E-state index in [1.165, 1.54) is 27.2 Å². The van der Waals surface area contributed by atoms with E-state index in [1.807, 2.05) is 0 Å². The highest BCUT2D eigenvalue weighted by atomic mass is 16.5. The summed E-state index contributed by atoms with van der Waals surface area (Å²) in [4.78, 5) is 33.5. The van der Waals surface area contributed by atoms with Crippen LogP contribution in [-0.4, -0.2) is 51.4 Å². The van der Waals surface area contributed by atoms with Crippen molar-refractivity contribution < 1.29 is 38.1 Å². The number of esters is 3. The molecule has 0 aromatic heterocycles. The molecule has 0 aliphatic rings. The summed E-state index contributed by atoms with van der Waals surface area (Å²) in [7, 11) is 2.63. The molecular formula is C22H30O8. The van der Waals surface area contributed by atoms with Gasteiger partial charge in [0.15, 0.2) is 0 Å². The maximum atomic E-state index is 11.4. The van der Waals surface area contributed by atoms with Gasteiger partial charge < -0.3 is 23.7 Å². The Bertz CT molecular complexity index is 726. The summed E-state index contributed by atoms with van der Waals surface area (Å²) >= 11 is 0. The van der Waals surface area contributed by atoms with Crippen LogP contribution in [0.1, 0.15) is 45.1 Å². The lowest BCUT2D eigenvalue weighted by atomic mass is 10.1. The molecule has 0 saturated carbocycles. The fraction of sp³-hybridized carbons (Fsp3) is 0.500. The minimum Gasteiger partial charge on any atom is -0.493 e. The molecule has 1 atom stereocenters. The first kappa shape index (κ1) is 25.0. The van der Waals surface area contributed by atoms with Crippen molar-refractivity contribution in [1.82, 2.24) is 0 Å². The number of ether oxygens (including phenoxy) is 5. The molecule has 0 radical (unpaired) electrons. The van der Waals surface area contributed by atoms with Crippen molar-refractivity contribution in [1.29, 1.82) is 0 Å². The van der Waals surface area contributed by atoms with Crippen LogP contribution in [0.3, 0.4) is 0 Å². The summed E-state index contributed by atoms with van der Waals surface area (Å²) in [6.45, 7) is 3.99. The number of hydrogen-bond acceptors (Lipinski definition) is 8. The number of carbonyl (C=O) groups excluding carboxylic acids is 3. The summed E-state index contributed by atoms with van der Waals surface area (Å²) in [5.74, 6) is -0.0419. The van der Waals surface area contributed by atoms with E-state index in [0.29, 0.717) is 30.3 Å². The van der Waals surface area contributed by atoms with Gasteiger partial charge >= 0.3 is 17.9 Å². The Morgan fingerprint density at radius 2 is 1.77 bits per heavy atom. The normalized spacial score (nSPS) is 11.6. The Hall–Kier alpha value is -3.03. The molecule has 0 aliphatic heterocycles. The van der Waals surface area contributed by atoms with Gasteiger partial charge in [0.1, 0.15) is 17.6 Å². The van der Waals surface area contributed by atoms with Crippen molar-refractivity contribution in [3.63, 3.8) is 0 Å². The van der Waals surface area contributed by atoms with Crippen LogP contribution in [0.25, 0.3) is 6.08 Å². The molecule has 0 heterocycles. The Labute approximate surface area is 177 Å². The first-order valence-electron chi connectivity index (χ1n) is 9.75. The number of hydrogen-bond donors (Lipinski definition) is 0. The predicted molar refractivity (Wildman–Crippen MR) is 110 cm³/mol. The fourth-order valence-corrected chi connectivity index (χ4v) is 2.45. The summed E-state index contributed by atoms with van der Waals surface area (Å²) in [5.41, 5.74) is 0.688. The Kier molecular flexibility index (Phi) is 11.7. The quantitative estimate of drug-likeness (QED) is 0.207. The summed E-state index contributed by atoms with van der Waals surface area (Å²) in [6.07, 6.45) is 5.03. The lowest BCUT2D eigenvalue weighted by Gasteiger charge is -2.16. The molecule has 0 saturated heterocycles. The van der Waals surface area contributed by atoms with Crippen LogP contribution in [-0.2, 0) is 28.6 Å². The summed E-state index contributed by atoms with van der Waals surface area (Å²) in [6, 6.07) is 5.20. The smallest absolute Gasteiger partial charge is 0.330 e. The second-order valence-corrected chi connectivity index (χ2v) is 6.51. The topological polar surface area (TPSA) is 97.4 Å². The Balaban J connectivity index is 2.73. The summed E-state index contributed by atoms with van der Waals surface area (Å²) < 4.78 is 25.8. The van der Waals surface area contributed by atoms with E-state index in [2.05, 4.69) is 9.47 Å². The van der Waals surface area contributed by atoms with Crippen molar-refractivity contribution in [2.75, 3.05) is 27.4 Å². The third kappa shape index (κ3) is 10.5. The molecule has 0 amide bonds. The van der Waals surface area contributed by atoms with Crippen molar-refractivity contribution >= 4 is 24.0 Å². The molecule has 8 heteroatoms. The molecule has 1 aromatic rings. The van der Waals surface area contributed by atoms with Crippen molar-refractivity contribution in [3.8, 4) is 11.5 Å². The third-order valence-corrected chi connectivity index (χ3v) is 3.96. The van der Waals surface area contributed by atoms with Gasteiger partial charge in [0.05, 0.1) is 33.9 Å². The molecule has 0 spiro atoms. The molecule has 1 unspecified atom stereocenters. The first-order chi connectivity index (χ1) is 14.3. The first-order valence-corrected chi connectivity index (χ1v) is 9.75. The van der Waals surface area contributed by atoms with Gasteiger partial charge in [-0.2, -0.15) is 0 Å². The number of rotatable bonds is 13. The third-order valence-electron chi connectivity index (χ3n) is 3.96. The molecule has 8 nitrogen and oxygen atoms in total. The zero-order valence-corrected chi connectivity index (χ0v) is 18.0. The van der Waals surface area contributed by atoms with Crippen LogP contribution in [0.4, 0.5) is 0 Å². The minimum atomic E-state index is -0.474. The second-order valence-electron chi connectivity index (χ2n) is 6.51.